The number of rotatable bonds is 4. The van der Waals surface area contributed by atoms with Crippen LogP contribution in [0.25, 0.3) is 0 Å². The van der Waals surface area contributed by atoms with E-state index in [4.69, 9.17) is 0 Å². The summed E-state index contributed by atoms with van der Waals surface area (Å²) in [6.07, 6.45) is 0.556. The van der Waals surface area contributed by atoms with Gasteiger partial charge < -0.3 is 4.57 Å². The molecule has 0 aliphatic rings. The first-order chi connectivity index (χ1) is 10.7. The first-order valence-corrected chi connectivity index (χ1v) is 10.1. The predicted molar refractivity (Wildman–Crippen MR) is 103 cm³/mol. The van der Waals surface area contributed by atoms with Crippen molar-refractivity contribution in [3.8, 4) is 0 Å². The lowest BCUT2D eigenvalue weighted by Gasteiger charge is -2.20. The fourth-order valence-corrected chi connectivity index (χ4v) is 6.14. The van der Waals surface area contributed by atoms with Gasteiger partial charge in [-0.2, -0.15) is 0 Å². The largest absolute Gasteiger partial charge is 0.313 e. The molecule has 3 rings (SSSR count). The summed E-state index contributed by atoms with van der Waals surface area (Å²) in [5, 5.41) is 1.83. The highest BCUT2D eigenvalue weighted by atomic mass is 127. The molecule has 0 aliphatic heterocycles. The first kappa shape index (κ1) is 15.5. The summed E-state index contributed by atoms with van der Waals surface area (Å²) >= 11 is 2.32. The summed E-state index contributed by atoms with van der Waals surface area (Å²) in [6, 6.07) is 27.8. The predicted octanol–water partition coefficient (Wildman–Crippen LogP) is 4.81. The van der Waals surface area contributed by atoms with Crippen LogP contribution in [0.5, 0.6) is 0 Å². The molecule has 0 aliphatic carbocycles. The minimum atomic E-state index is -2.68. The molecule has 0 saturated heterocycles. The Kier molecular flexibility index (Phi) is 4.80. The van der Waals surface area contributed by atoms with Gasteiger partial charge in [-0.05, 0) is 34.2 Å². The smallest absolute Gasteiger partial charge is 0.147 e. The molecule has 3 heteroatoms. The average molecular weight is 418 g/mol. The molecular formula is C19H16IOP. The van der Waals surface area contributed by atoms with E-state index in [2.05, 4.69) is 34.7 Å². The minimum absolute atomic E-state index is 0.556. The Morgan fingerprint density at radius 2 is 1.14 bits per heavy atom. The molecule has 3 aromatic rings. The van der Waals surface area contributed by atoms with Crippen LogP contribution in [0.2, 0.25) is 0 Å². The van der Waals surface area contributed by atoms with Gasteiger partial charge in [-0.3, -0.25) is 0 Å². The van der Waals surface area contributed by atoms with Crippen molar-refractivity contribution >= 4 is 40.3 Å². The summed E-state index contributed by atoms with van der Waals surface area (Å²) in [4.78, 5) is 0. The first-order valence-electron chi connectivity index (χ1n) is 7.14. The molecule has 22 heavy (non-hydrogen) atoms. The van der Waals surface area contributed by atoms with Crippen LogP contribution in [-0.4, -0.2) is 0 Å². The second-order valence-electron chi connectivity index (χ2n) is 5.16. The molecule has 0 heterocycles. The van der Waals surface area contributed by atoms with Gasteiger partial charge in [0.25, 0.3) is 0 Å². The van der Waals surface area contributed by atoms with Crippen LogP contribution >= 0.6 is 29.7 Å². The van der Waals surface area contributed by atoms with Crippen molar-refractivity contribution in [1.82, 2.24) is 0 Å². The van der Waals surface area contributed by atoms with Gasteiger partial charge in [0.15, 0.2) is 0 Å². The summed E-state index contributed by atoms with van der Waals surface area (Å²) in [5.74, 6) is 0. The van der Waals surface area contributed by atoms with Gasteiger partial charge in [0, 0.05) is 20.3 Å². The number of hydrogen-bond donors (Lipinski definition) is 0. The van der Waals surface area contributed by atoms with Crippen LogP contribution in [0.15, 0.2) is 84.9 Å². The third kappa shape index (κ3) is 3.18. The lowest BCUT2D eigenvalue weighted by molar-refractivity contribution is 0.586. The fourth-order valence-electron chi connectivity index (χ4n) is 2.54. The Morgan fingerprint density at radius 3 is 1.64 bits per heavy atom. The van der Waals surface area contributed by atoms with E-state index in [1.54, 1.807) is 0 Å². The molecule has 0 saturated carbocycles. The summed E-state index contributed by atoms with van der Waals surface area (Å²) in [7, 11) is -2.68. The zero-order valence-electron chi connectivity index (χ0n) is 12.0. The number of benzene rings is 3. The van der Waals surface area contributed by atoms with E-state index in [1.807, 2.05) is 72.8 Å². The molecule has 110 valence electrons. The van der Waals surface area contributed by atoms with Crippen molar-refractivity contribution in [2.24, 2.45) is 0 Å². The molecule has 0 aromatic heterocycles. The Bertz CT molecular complexity index is 756. The van der Waals surface area contributed by atoms with Crippen molar-refractivity contribution in [2.45, 2.75) is 6.16 Å². The Labute approximate surface area is 144 Å². The van der Waals surface area contributed by atoms with Crippen molar-refractivity contribution in [3.63, 3.8) is 0 Å². The molecule has 0 bridgehead atoms. The van der Waals surface area contributed by atoms with E-state index in [1.165, 1.54) is 0 Å². The van der Waals surface area contributed by atoms with E-state index in [-0.39, 0.29) is 0 Å². The topological polar surface area (TPSA) is 17.1 Å². The second kappa shape index (κ2) is 6.80. The van der Waals surface area contributed by atoms with Crippen LogP contribution in [-0.2, 0) is 10.7 Å². The van der Waals surface area contributed by atoms with Crippen LogP contribution < -0.4 is 10.6 Å². The van der Waals surface area contributed by atoms with Gasteiger partial charge in [-0.15, -0.1) is 0 Å². The highest BCUT2D eigenvalue weighted by Gasteiger charge is 2.27. The van der Waals surface area contributed by atoms with Crippen LogP contribution in [0.1, 0.15) is 5.56 Å². The van der Waals surface area contributed by atoms with E-state index in [9.17, 15) is 4.57 Å². The summed E-state index contributed by atoms with van der Waals surface area (Å²) in [5.41, 5.74) is 1.14. The zero-order chi connectivity index (χ0) is 15.4. The standard InChI is InChI=1S/C19H16IOP/c20-19-14-8-7-9-16(19)15-22(21,17-10-3-1-4-11-17)18-12-5-2-6-13-18/h1-14H,15H2. The molecule has 0 N–H and O–H groups in total. The summed E-state index contributed by atoms with van der Waals surface area (Å²) in [6.45, 7) is 0. The minimum Gasteiger partial charge on any atom is -0.313 e. The van der Waals surface area contributed by atoms with Gasteiger partial charge in [-0.1, -0.05) is 78.9 Å². The molecular weight excluding hydrogens is 402 g/mol. The molecule has 0 spiro atoms. The fraction of sp³-hybridized carbons (Fsp3) is 0.0526. The van der Waals surface area contributed by atoms with E-state index < -0.39 is 7.14 Å². The average Bonchev–Trinajstić information content (AvgIpc) is 2.58. The van der Waals surface area contributed by atoms with Crippen molar-refractivity contribution in [3.05, 3.63) is 94.1 Å². The van der Waals surface area contributed by atoms with E-state index >= 15 is 0 Å². The maximum atomic E-state index is 13.9. The van der Waals surface area contributed by atoms with Gasteiger partial charge in [0.2, 0.25) is 0 Å². The molecule has 0 fully saturated rings. The SMILES string of the molecule is O=P(Cc1ccccc1I)(c1ccccc1)c1ccccc1. The van der Waals surface area contributed by atoms with Crippen LogP contribution in [0, 0.1) is 3.57 Å². The summed E-state index contributed by atoms with van der Waals surface area (Å²) < 4.78 is 15.1. The molecule has 3 aromatic carbocycles. The third-order valence-electron chi connectivity index (χ3n) is 3.70. The number of hydrogen-bond acceptors (Lipinski definition) is 1. The van der Waals surface area contributed by atoms with Gasteiger partial charge in [0.1, 0.15) is 7.14 Å². The molecule has 0 amide bonds. The molecule has 0 radical (unpaired) electrons. The number of halogens is 1. The van der Waals surface area contributed by atoms with E-state index in [0.717, 1.165) is 19.7 Å². The van der Waals surface area contributed by atoms with Crippen molar-refractivity contribution < 1.29 is 4.57 Å². The molecule has 0 unspecified atom stereocenters. The van der Waals surface area contributed by atoms with E-state index in [0.29, 0.717) is 6.16 Å². The Hall–Kier alpha value is -1.38. The van der Waals surface area contributed by atoms with Crippen molar-refractivity contribution in [2.75, 3.05) is 0 Å². The lowest BCUT2D eigenvalue weighted by Crippen LogP contribution is -2.17. The monoisotopic (exact) mass is 418 g/mol. The maximum absolute atomic E-state index is 13.9. The molecule has 1 nitrogen and oxygen atoms in total. The van der Waals surface area contributed by atoms with Gasteiger partial charge in [0.05, 0.1) is 0 Å². The van der Waals surface area contributed by atoms with Gasteiger partial charge in [-0.25, -0.2) is 0 Å². The van der Waals surface area contributed by atoms with Crippen LogP contribution in [0.4, 0.5) is 0 Å². The van der Waals surface area contributed by atoms with Gasteiger partial charge >= 0.3 is 0 Å². The van der Waals surface area contributed by atoms with Crippen LogP contribution in [0.3, 0.4) is 0 Å². The highest BCUT2D eigenvalue weighted by Crippen LogP contribution is 2.47. The highest BCUT2D eigenvalue weighted by molar-refractivity contribution is 14.1. The lowest BCUT2D eigenvalue weighted by atomic mass is 10.2. The third-order valence-corrected chi connectivity index (χ3v) is 7.80. The Balaban J connectivity index is 2.13. The quantitative estimate of drug-likeness (QED) is 0.439. The second-order valence-corrected chi connectivity index (χ2v) is 9.15. The molecule has 0 atom stereocenters. The Morgan fingerprint density at radius 1 is 0.682 bits per heavy atom. The van der Waals surface area contributed by atoms with Crippen molar-refractivity contribution in [1.29, 1.82) is 0 Å². The zero-order valence-corrected chi connectivity index (χ0v) is 15.1. The normalized spacial score (nSPS) is 11.3. The maximum Gasteiger partial charge on any atom is 0.147 e.